The summed E-state index contributed by atoms with van der Waals surface area (Å²) in [5.74, 6) is -0.791. The van der Waals surface area contributed by atoms with Gasteiger partial charge in [-0.1, -0.05) is 175 Å². The Morgan fingerprint density at radius 3 is 1.38 bits per heavy atom. The van der Waals surface area contributed by atoms with Gasteiger partial charge in [0.2, 0.25) is 0 Å². The number of rotatable bonds is 39. The number of ketones is 1. The molecule has 0 saturated heterocycles. The van der Waals surface area contributed by atoms with Crippen molar-refractivity contribution in [3.63, 3.8) is 0 Å². The second-order valence-electron chi connectivity index (χ2n) is 16.4. The number of esters is 1. The predicted octanol–water partition coefficient (Wildman–Crippen LogP) is 11.3. The molecule has 0 aliphatic rings. The minimum Gasteiger partial charge on any atom is -0.463 e. The summed E-state index contributed by atoms with van der Waals surface area (Å²) in [6, 6.07) is 0. The number of quaternary nitrogens is 1. The molecule has 0 aliphatic heterocycles. The van der Waals surface area contributed by atoms with E-state index in [-0.39, 0.29) is 31.3 Å². The number of Topliss-reactive ketones (excluding diaryl/α,β-unsaturated/α-hetero) is 1. The van der Waals surface area contributed by atoms with Gasteiger partial charge in [-0.05, 0) is 19.3 Å². The highest BCUT2D eigenvalue weighted by Crippen LogP contribution is 2.45. The first-order valence-electron chi connectivity index (χ1n) is 21.7. The summed E-state index contributed by atoms with van der Waals surface area (Å²) in [4.78, 5) is 36.7. The molecule has 0 saturated carbocycles. The van der Waals surface area contributed by atoms with Crippen LogP contribution in [-0.2, 0) is 27.9 Å². The first-order valence-corrected chi connectivity index (χ1v) is 23.2. The Morgan fingerprint density at radius 2 is 0.981 bits per heavy atom. The topological polar surface area (TPSA) is 119 Å². The van der Waals surface area contributed by atoms with Gasteiger partial charge in [-0.15, -0.1) is 0 Å². The Balaban J connectivity index is 4.57. The van der Waals surface area contributed by atoms with E-state index in [1.165, 1.54) is 89.9 Å². The molecule has 0 aromatic heterocycles. The van der Waals surface area contributed by atoms with E-state index in [4.69, 9.17) is 13.8 Å². The highest BCUT2D eigenvalue weighted by atomic mass is 31.2. The van der Waals surface area contributed by atoms with Gasteiger partial charge < -0.3 is 19.2 Å². The number of likely N-dealkylation sites (N-methyl/N-ethyl adjacent to an activating group) is 1. The maximum absolute atomic E-state index is 13.9. The number of phosphoric ester groups is 1. The lowest BCUT2D eigenvalue weighted by Gasteiger charge is -2.31. The molecule has 0 rings (SSSR count). The van der Waals surface area contributed by atoms with Crippen molar-refractivity contribution in [3.05, 3.63) is 0 Å². The summed E-state index contributed by atoms with van der Waals surface area (Å²) in [5, 5.41) is 10.3. The van der Waals surface area contributed by atoms with Gasteiger partial charge in [0, 0.05) is 12.3 Å². The molecular weight excluding hydrogens is 677 g/mol. The Morgan fingerprint density at radius 1 is 0.596 bits per heavy atom. The maximum Gasteiger partial charge on any atom is 0.473 e. The fourth-order valence-electron chi connectivity index (χ4n) is 6.67. The fraction of sp³-hybridized carbons (Fsp3) is 0.952. The van der Waals surface area contributed by atoms with Crippen LogP contribution in [0.25, 0.3) is 0 Å². The van der Waals surface area contributed by atoms with Gasteiger partial charge >= 0.3 is 13.8 Å². The zero-order valence-corrected chi connectivity index (χ0v) is 35.8. The van der Waals surface area contributed by atoms with Crippen molar-refractivity contribution in [3.8, 4) is 0 Å². The molecule has 0 spiro atoms. The van der Waals surface area contributed by atoms with Crippen LogP contribution in [0.1, 0.15) is 201 Å². The molecule has 0 bridgehead atoms. The van der Waals surface area contributed by atoms with Gasteiger partial charge in [0.15, 0.2) is 11.9 Å². The third kappa shape index (κ3) is 32.6. The molecule has 0 amide bonds. The summed E-state index contributed by atoms with van der Waals surface area (Å²) in [7, 11) is 1.05. The number of carbonyl (C=O) groups excluding carboxylic acids is 2. The SMILES string of the molecule is CCCCCCCCCCCCCCCCCC(=O)OC[C@@H](O)COP(=O)(O)OC(C[N+](C)(C)C)C(=O)C(CCCCCCC)CCCCCCC. The lowest BCUT2D eigenvalue weighted by Crippen LogP contribution is -2.47. The molecule has 9 nitrogen and oxygen atoms in total. The molecule has 0 aromatic rings. The minimum atomic E-state index is -4.69. The van der Waals surface area contributed by atoms with Crippen LogP contribution in [0.5, 0.6) is 0 Å². The molecule has 310 valence electrons. The number of aliphatic hydroxyl groups excluding tert-OH is 1. The van der Waals surface area contributed by atoms with Crippen molar-refractivity contribution in [1.82, 2.24) is 0 Å². The predicted molar refractivity (Wildman–Crippen MR) is 215 cm³/mol. The monoisotopic (exact) mass is 763 g/mol. The average molecular weight is 763 g/mol. The zero-order chi connectivity index (χ0) is 38.9. The first kappa shape index (κ1) is 51.2. The van der Waals surface area contributed by atoms with E-state index in [1.807, 2.05) is 21.1 Å². The second kappa shape index (κ2) is 33.5. The van der Waals surface area contributed by atoms with Crippen LogP contribution in [0.2, 0.25) is 0 Å². The van der Waals surface area contributed by atoms with Crippen LogP contribution in [0.15, 0.2) is 0 Å². The van der Waals surface area contributed by atoms with Crippen molar-refractivity contribution < 1.29 is 42.4 Å². The first-order chi connectivity index (χ1) is 24.8. The standard InChI is InChI=1S/C42H84NO8P/c1-7-10-13-16-17-18-19-20-21-22-23-24-25-28-31-34-41(45)49-36-39(44)37-50-52(47,48)51-40(35-43(4,5)6)42(46)38(32-29-26-14-11-8-2)33-30-27-15-12-9-3/h38-40,44H,7-37H2,1-6H3/p+1/t39-,40?/m1/s1. The molecule has 3 atom stereocenters. The van der Waals surface area contributed by atoms with Crippen LogP contribution in [0, 0.1) is 5.92 Å². The highest BCUT2D eigenvalue weighted by Gasteiger charge is 2.38. The number of ether oxygens (including phenoxy) is 1. The van der Waals surface area contributed by atoms with Gasteiger partial charge in [0.25, 0.3) is 0 Å². The normalized spacial score (nSPS) is 14.4. The lowest BCUT2D eigenvalue weighted by molar-refractivity contribution is -0.872. The smallest absolute Gasteiger partial charge is 0.463 e. The van der Waals surface area contributed by atoms with Crippen LogP contribution < -0.4 is 0 Å². The molecule has 2 unspecified atom stereocenters. The van der Waals surface area contributed by atoms with Gasteiger partial charge in [-0.25, -0.2) is 4.57 Å². The maximum atomic E-state index is 13.9. The quantitative estimate of drug-likeness (QED) is 0.0275. The van der Waals surface area contributed by atoms with Crippen molar-refractivity contribution >= 4 is 19.6 Å². The molecule has 0 aromatic carbocycles. The van der Waals surface area contributed by atoms with Crippen LogP contribution >= 0.6 is 7.82 Å². The van der Waals surface area contributed by atoms with Crippen molar-refractivity contribution in [2.24, 2.45) is 5.92 Å². The Bertz CT molecular complexity index is 882. The van der Waals surface area contributed by atoms with Crippen LogP contribution in [0.4, 0.5) is 0 Å². The lowest BCUT2D eigenvalue weighted by atomic mass is 9.88. The Hall–Kier alpha value is -0.830. The molecular formula is C42H85NO8P+. The van der Waals surface area contributed by atoms with E-state index in [1.54, 1.807) is 0 Å². The summed E-state index contributed by atoms with van der Waals surface area (Å²) >= 11 is 0. The summed E-state index contributed by atoms with van der Waals surface area (Å²) in [6.45, 7) is 5.94. The summed E-state index contributed by atoms with van der Waals surface area (Å²) in [5.41, 5.74) is 0. The highest BCUT2D eigenvalue weighted by molar-refractivity contribution is 7.47. The van der Waals surface area contributed by atoms with E-state index in [2.05, 4.69) is 20.8 Å². The number of carbonyl (C=O) groups is 2. The molecule has 0 heterocycles. The minimum absolute atomic E-state index is 0.148. The van der Waals surface area contributed by atoms with E-state index in [0.717, 1.165) is 83.5 Å². The molecule has 0 radical (unpaired) electrons. The Kier molecular flexibility index (Phi) is 33.0. The number of nitrogens with zero attached hydrogens (tertiary/aromatic N) is 1. The van der Waals surface area contributed by atoms with Crippen molar-refractivity contribution in [1.29, 1.82) is 0 Å². The number of phosphoric acid groups is 1. The molecule has 2 N–H and O–H groups in total. The van der Waals surface area contributed by atoms with Crippen molar-refractivity contribution in [2.75, 3.05) is 40.9 Å². The van der Waals surface area contributed by atoms with E-state index < -0.39 is 32.6 Å². The third-order valence-electron chi connectivity index (χ3n) is 9.86. The zero-order valence-electron chi connectivity index (χ0n) is 34.9. The number of hydrogen-bond donors (Lipinski definition) is 2. The fourth-order valence-corrected chi connectivity index (χ4v) is 7.59. The average Bonchev–Trinajstić information content (AvgIpc) is 3.09. The van der Waals surface area contributed by atoms with E-state index >= 15 is 0 Å². The third-order valence-corrected chi connectivity index (χ3v) is 10.9. The van der Waals surface area contributed by atoms with Crippen molar-refractivity contribution in [2.45, 2.75) is 213 Å². The van der Waals surface area contributed by atoms with Crippen LogP contribution in [-0.4, -0.2) is 79.3 Å². The Labute approximate surface area is 320 Å². The second-order valence-corrected chi connectivity index (χ2v) is 17.8. The summed E-state index contributed by atoms with van der Waals surface area (Å²) < 4.78 is 29.3. The van der Waals surface area contributed by atoms with E-state index in [0.29, 0.717) is 4.48 Å². The van der Waals surface area contributed by atoms with Crippen LogP contribution in [0.3, 0.4) is 0 Å². The van der Waals surface area contributed by atoms with E-state index in [9.17, 15) is 24.2 Å². The largest absolute Gasteiger partial charge is 0.473 e. The molecule has 10 heteroatoms. The van der Waals surface area contributed by atoms with Gasteiger partial charge in [-0.3, -0.25) is 18.6 Å². The molecule has 52 heavy (non-hydrogen) atoms. The van der Waals surface area contributed by atoms with Gasteiger partial charge in [0.1, 0.15) is 19.3 Å². The van der Waals surface area contributed by atoms with Gasteiger partial charge in [-0.2, -0.15) is 0 Å². The molecule has 0 fully saturated rings. The number of aliphatic hydroxyl groups is 1. The number of hydrogen-bond acceptors (Lipinski definition) is 7. The number of unbranched alkanes of at least 4 members (excludes halogenated alkanes) is 22. The van der Waals surface area contributed by atoms with Gasteiger partial charge in [0.05, 0.1) is 27.7 Å². The molecule has 0 aliphatic carbocycles. The summed E-state index contributed by atoms with van der Waals surface area (Å²) in [6.07, 6.45) is 29.1.